The molecule has 144 valence electrons. The minimum Gasteiger partial charge on any atom is -0.488 e. The van der Waals surface area contributed by atoms with Crippen molar-refractivity contribution >= 4 is 41.8 Å². The summed E-state index contributed by atoms with van der Waals surface area (Å²) >= 11 is 3.44. The summed E-state index contributed by atoms with van der Waals surface area (Å²) in [5, 5.41) is 0. The number of alkyl halides is 1. The van der Waals surface area contributed by atoms with Crippen molar-refractivity contribution < 1.29 is 23.9 Å². The molecule has 2 aromatic rings. The van der Waals surface area contributed by atoms with E-state index in [9.17, 15) is 14.4 Å². The summed E-state index contributed by atoms with van der Waals surface area (Å²) in [4.78, 5) is 35.9. The Morgan fingerprint density at radius 2 is 2.00 bits per heavy atom. The van der Waals surface area contributed by atoms with Crippen LogP contribution in [-0.4, -0.2) is 35.4 Å². The summed E-state index contributed by atoms with van der Waals surface area (Å²) < 4.78 is 10.8. The maximum atomic E-state index is 12.4. The van der Waals surface area contributed by atoms with E-state index in [2.05, 4.69) is 15.9 Å². The second-order valence-corrected chi connectivity index (χ2v) is 8.80. The molecule has 2 aliphatic rings. The Kier molecular flexibility index (Phi) is 5.35. The number of rotatable bonds is 4. The Labute approximate surface area is 172 Å². The van der Waals surface area contributed by atoms with Crippen LogP contribution in [0.15, 0.2) is 30.3 Å². The Bertz CT molecular complexity index is 1000. The second-order valence-electron chi connectivity index (χ2n) is 6.79. The van der Waals surface area contributed by atoms with Gasteiger partial charge in [-0.05, 0) is 63.0 Å². The first-order chi connectivity index (χ1) is 13.5. The number of hydrogen-bond acceptors (Lipinski definition) is 5. The summed E-state index contributed by atoms with van der Waals surface area (Å²) in [5.74, 6) is 0.555. The molecule has 0 radical (unpaired) electrons. The van der Waals surface area contributed by atoms with Crippen LogP contribution in [0.2, 0.25) is 0 Å². The Morgan fingerprint density at radius 3 is 2.79 bits per heavy atom. The minimum absolute atomic E-state index is 0.0117. The molecule has 2 aromatic carbocycles. The van der Waals surface area contributed by atoms with Crippen LogP contribution in [0.5, 0.6) is 5.75 Å². The first kappa shape index (κ1) is 19.3. The third-order valence-electron chi connectivity index (χ3n) is 5.06. The quantitative estimate of drug-likeness (QED) is 0.373. The zero-order valence-electron chi connectivity index (χ0n) is 15.2. The number of halogens is 1. The van der Waals surface area contributed by atoms with Gasteiger partial charge in [0.15, 0.2) is 18.2 Å². The fourth-order valence-electron chi connectivity index (χ4n) is 3.56. The van der Waals surface area contributed by atoms with Gasteiger partial charge in [-0.2, -0.15) is 0 Å². The van der Waals surface area contributed by atoms with E-state index in [1.807, 2.05) is 18.2 Å². The molecule has 1 aliphatic carbocycles. The zero-order chi connectivity index (χ0) is 19.8. The van der Waals surface area contributed by atoms with E-state index >= 15 is 0 Å². The van der Waals surface area contributed by atoms with Crippen molar-refractivity contribution in [2.24, 2.45) is 0 Å². The Hall–Kier alpha value is -2.04. The average Bonchev–Trinajstić information content (AvgIpc) is 2.72. The number of ether oxygens (including phenoxy) is 2. The number of carbonyl (C=O) groups excluding carboxylic acids is 3. The molecule has 0 saturated heterocycles. The molecule has 0 fully saturated rings. The molecule has 0 bridgehead atoms. The fourth-order valence-corrected chi connectivity index (χ4v) is 4.26. The topological polar surface area (TPSA) is 69.7 Å². The third-order valence-corrected chi connectivity index (χ3v) is 6.49. The minimum atomic E-state index is -0.367. The lowest BCUT2D eigenvalue weighted by Gasteiger charge is -2.26. The van der Waals surface area contributed by atoms with Crippen molar-refractivity contribution in [1.29, 1.82) is 0 Å². The van der Waals surface area contributed by atoms with Crippen LogP contribution in [0, 0.1) is 0 Å². The summed E-state index contributed by atoms with van der Waals surface area (Å²) in [6.07, 6.45) is 1.61. The molecule has 0 N–H and O–H groups in total. The van der Waals surface area contributed by atoms with Crippen molar-refractivity contribution in [2.45, 2.75) is 24.3 Å². The molecule has 0 aromatic heterocycles. The fraction of sp³-hybridized carbons (Fsp3) is 0.286. The van der Waals surface area contributed by atoms with Gasteiger partial charge in [0.05, 0.1) is 4.83 Å². The molecule has 1 aliphatic heterocycles. The van der Waals surface area contributed by atoms with E-state index in [0.717, 1.165) is 40.7 Å². The lowest BCUT2D eigenvalue weighted by Crippen LogP contribution is -2.23. The van der Waals surface area contributed by atoms with E-state index in [-0.39, 0.29) is 37.3 Å². The lowest BCUT2D eigenvalue weighted by atomic mass is 9.85. The Morgan fingerprint density at radius 1 is 1.18 bits per heavy atom. The van der Waals surface area contributed by atoms with Crippen LogP contribution < -0.4 is 4.74 Å². The van der Waals surface area contributed by atoms with Gasteiger partial charge < -0.3 is 9.47 Å². The molecule has 2 unspecified atom stereocenters. The van der Waals surface area contributed by atoms with Gasteiger partial charge in [0.1, 0.15) is 12.4 Å². The van der Waals surface area contributed by atoms with Gasteiger partial charge >= 0.3 is 5.71 Å². The molecule has 28 heavy (non-hydrogen) atoms. The van der Waals surface area contributed by atoms with Crippen LogP contribution >= 0.6 is 24.5 Å². The van der Waals surface area contributed by atoms with Crippen LogP contribution in [0.25, 0.3) is 11.1 Å². The van der Waals surface area contributed by atoms with Gasteiger partial charge in [0.25, 0.3) is 0 Å². The number of benzene rings is 2. The van der Waals surface area contributed by atoms with Gasteiger partial charge in [0, 0.05) is 16.7 Å². The monoisotopic (exact) mass is 460 g/mol. The third kappa shape index (κ3) is 3.51. The van der Waals surface area contributed by atoms with Crippen LogP contribution in [0.1, 0.15) is 38.3 Å². The summed E-state index contributed by atoms with van der Waals surface area (Å²) in [6.45, 7) is 1.79. The number of carbonyl (C=O) groups is 3. The molecule has 2 atom stereocenters. The van der Waals surface area contributed by atoms with Gasteiger partial charge in [0.2, 0.25) is 0 Å². The number of fused-ring (bicyclic) bond motifs is 4. The SMILES string of the molecule is CPC(=O)OCC(=O)c1ccc2c(c1)COc1cc3c(cc1-2)CCC(Br)C3=O. The standard InChI is InChI=1S/C21H18BrO5P/c1-28-21(25)27-10-18(23)12-2-4-14-13(6-12)9-26-19-8-15-11(7-16(14)19)3-5-17(22)20(15)24/h2,4,6-8,17,28H,3,5,9-10H2,1H3. The van der Waals surface area contributed by atoms with Crippen molar-refractivity contribution in [2.75, 3.05) is 13.3 Å². The predicted molar refractivity (Wildman–Crippen MR) is 111 cm³/mol. The van der Waals surface area contributed by atoms with E-state index in [4.69, 9.17) is 9.47 Å². The molecular weight excluding hydrogens is 443 g/mol. The van der Waals surface area contributed by atoms with E-state index in [0.29, 0.717) is 17.9 Å². The first-order valence-corrected chi connectivity index (χ1v) is 11.4. The molecule has 4 rings (SSSR count). The summed E-state index contributed by atoms with van der Waals surface area (Å²) in [6, 6.07) is 9.31. The number of aryl methyl sites for hydroxylation is 1. The van der Waals surface area contributed by atoms with Gasteiger partial charge in [-0.1, -0.05) is 28.1 Å². The van der Waals surface area contributed by atoms with E-state index < -0.39 is 0 Å². The Balaban J connectivity index is 1.64. The van der Waals surface area contributed by atoms with Gasteiger partial charge in [-0.3, -0.25) is 9.59 Å². The van der Waals surface area contributed by atoms with Crippen molar-refractivity contribution in [3.63, 3.8) is 0 Å². The van der Waals surface area contributed by atoms with Crippen LogP contribution in [0.4, 0.5) is 4.79 Å². The number of hydrogen-bond donors (Lipinski definition) is 0. The highest BCUT2D eigenvalue weighted by Crippen LogP contribution is 2.41. The normalized spacial score (nSPS) is 17.5. The van der Waals surface area contributed by atoms with Crippen molar-refractivity contribution in [3.05, 3.63) is 52.6 Å². The highest BCUT2D eigenvalue weighted by molar-refractivity contribution is 9.10. The largest absolute Gasteiger partial charge is 0.488 e. The smallest absolute Gasteiger partial charge is 0.323 e. The molecule has 0 amide bonds. The van der Waals surface area contributed by atoms with Crippen LogP contribution in [-0.2, 0) is 17.8 Å². The molecule has 5 nitrogen and oxygen atoms in total. The number of Topliss-reactive ketones (excluding diaryl/α,β-unsaturated/α-hetero) is 2. The van der Waals surface area contributed by atoms with Crippen molar-refractivity contribution in [3.8, 4) is 16.9 Å². The second kappa shape index (κ2) is 7.76. The van der Waals surface area contributed by atoms with Gasteiger partial charge in [-0.15, -0.1) is 0 Å². The molecule has 7 heteroatoms. The van der Waals surface area contributed by atoms with Gasteiger partial charge in [-0.25, -0.2) is 4.79 Å². The van der Waals surface area contributed by atoms with Crippen LogP contribution in [0.3, 0.4) is 0 Å². The molecule has 0 spiro atoms. The lowest BCUT2D eigenvalue weighted by molar-refractivity contribution is 0.0876. The maximum Gasteiger partial charge on any atom is 0.323 e. The highest BCUT2D eigenvalue weighted by Gasteiger charge is 2.29. The first-order valence-electron chi connectivity index (χ1n) is 8.97. The summed E-state index contributed by atoms with van der Waals surface area (Å²) in [5.41, 5.74) is 4.73. The number of ketones is 2. The molecular formula is C21H18BrO5P. The zero-order valence-corrected chi connectivity index (χ0v) is 17.8. The molecule has 1 heterocycles. The van der Waals surface area contributed by atoms with Crippen molar-refractivity contribution in [1.82, 2.24) is 0 Å². The van der Waals surface area contributed by atoms with E-state index in [1.54, 1.807) is 18.8 Å². The predicted octanol–water partition coefficient (Wildman–Crippen LogP) is 4.77. The van der Waals surface area contributed by atoms with E-state index in [1.165, 1.54) is 0 Å². The maximum absolute atomic E-state index is 12.4. The highest BCUT2D eigenvalue weighted by atomic mass is 79.9. The molecule has 0 saturated carbocycles. The summed E-state index contributed by atoms with van der Waals surface area (Å²) in [7, 11) is 0.0117. The average molecular weight is 461 g/mol.